The van der Waals surface area contributed by atoms with E-state index in [9.17, 15) is 0 Å². The second-order valence-electron chi connectivity index (χ2n) is 9.84. The van der Waals surface area contributed by atoms with Gasteiger partial charge < -0.3 is 4.42 Å². The largest absolute Gasteiger partial charge is 0.472 e. The average molecular weight is 325 g/mol. The fourth-order valence-electron chi connectivity index (χ4n) is 7.58. The Balaban J connectivity index is 1.47. The third-order valence-corrected chi connectivity index (χ3v) is 8.85. The van der Waals surface area contributed by atoms with E-state index in [1.165, 1.54) is 63.4 Å². The molecule has 0 N–H and O–H groups in total. The van der Waals surface area contributed by atoms with Crippen LogP contribution in [0.5, 0.6) is 0 Å². The van der Waals surface area contributed by atoms with Crippen molar-refractivity contribution in [3.63, 3.8) is 0 Å². The van der Waals surface area contributed by atoms with Crippen LogP contribution in [0.3, 0.4) is 0 Å². The summed E-state index contributed by atoms with van der Waals surface area (Å²) in [5, 5.41) is 0. The smallest absolute Gasteiger partial charge is 0.0937 e. The number of rotatable bonds is 1. The molecule has 5 rings (SSSR count). The minimum absolute atomic E-state index is 0.451. The van der Waals surface area contributed by atoms with Crippen LogP contribution in [-0.2, 0) is 0 Å². The topological polar surface area (TPSA) is 13.1 Å². The van der Waals surface area contributed by atoms with E-state index in [0.29, 0.717) is 16.7 Å². The lowest BCUT2D eigenvalue weighted by molar-refractivity contribution is -0.0381. The summed E-state index contributed by atoms with van der Waals surface area (Å²) < 4.78 is 5.39. The molecule has 3 saturated carbocycles. The van der Waals surface area contributed by atoms with E-state index < -0.39 is 0 Å². The van der Waals surface area contributed by atoms with Crippen LogP contribution in [0.25, 0.3) is 0 Å². The summed E-state index contributed by atoms with van der Waals surface area (Å²) >= 11 is 0. The quantitative estimate of drug-likeness (QED) is 0.523. The lowest BCUT2D eigenvalue weighted by Gasteiger charge is -2.58. The molecular weight excluding hydrogens is 292 g/mol. The van der Waals surface area contributed by atoms with Gasteiger partial charge in [0.1, 0.15) is 0 Å². The minimum atomic E-state index is 0.451. The van der Waals surface area contributed by atoms with Crippen molar-refractivity contribution in [2.24, 2.45) is 28.6 Å². The molecule has 0 bridgehead atoms. The van der Waals surface area contributed by atoms with Gasteiger partial charge in [-0.25, -0.2) is 0 Å². The molecule has 1 aromatic heterocycles. The van der Waals surface area contributed by atoms with Crippen LogP contribution in [0.1, 0.15) is 83.1 Å². The fourth-order valence-corrected chi connectivity index (χ4v) is 7.58. The van der Waals surface area contributed by atoms with E-state index in [1.807, 2.05) is 18.1 Å². The van der Waals surface area contributed by atoms with Crippen molar-refractivity contribution in [2.45, 2.75) is 77.6 Å². The normalized spacial score (nSPS) is 47.5. The maximum atomic E-state index is 5.39. The molecule has 0 amide bonds. The molecule has 4 aliphatic carbocycles. The molecular formula is C23H32O. The number of fused-ring (bicyclic) bond motifs is 5. The monoisotopic (exact) mass is 324 g/mol. The Morgan fingerprint density at radius 3 is 2.83 bits per heavy atom. The van der Waals surface area contributed by atoms with Gasteiger partial charge in [-0.05, 0) is 97.5 Å². The first-order valence-electron chi connectivity index (χ1n) is 10.3. The zero-order chi connectivity index (χ0) is 16.4. The Bertz CT molecular complexity index is 641. The molecule has 1 heteroatoms. The Kier molecular flexibility index (Phi) is 3.35. The SMILES string of the molecule is C[C@@]12CCC[C@H]1[C@@H]1CCC3=CCC(c4ccoc4)C[C@]3(C)[C@@H]1CC2. The molecule has 1 heterocycles. The fraction of sp³-hybridized carbons (Fsp3) is 0.739. The predicted octanol–water partition coefficient (Wildman–Crippen LogP) is 6.72. The second-order valence-corrected chi connectivity index (χ2v) is 9.84. The minimum Gasteiger partial charge on any atom is -0.472 e. The average Bonchev–Trinajstić information content (AvgIpc) is 3.22. The van der Waals surface area contributed by atoms with E-state index in [-0.39, 0.29) is 0 Å². The molecule has 0 saturated heterocycles. The molecule has 3 fully saturated rings. The van der Waals surface area contributed by atoms with Crippen molar-refractivity contribution in [1.82, 2.24) is 0 Å². The highest BCUT2D eigenvalue weighted by molar-refractivity contribution is 5.28. The van der Waals surface area contributed by atoms with Gasteiger partial charge in [-0.2, -0.15) is 0 Å². The molecule has 0 spiro atoms. The first kappa shape index (κ1) is 15.3. The van der Waals surface area contributed by atoms with Gasteiger partial charge in [-0.15, -0.1) is 0 Å². The number of hydrogen-bond donors (Lipinski definition) is 0. The third-order valence-electron chi connectivity index (χ3n) is 8.85. The number of allylic oxidation sites excluding steroid dienone is 2. The third kappa shape index (κ3) is 2.06. The van der Waals surface area contributed by atoms with Gasteiger partial charge >= 0.3 is 0 Å². The summed E-state index contributed by atoms with van der Waals surface area (Å²) in [6.07, 6.45) is 19.4. The standard InChI is InChI=1S/C23H32O/c1-22-11-3-4-20(22)19-8-7-18-6-5-16(17-10-13-24-15-17)14-23(18,2)21(19)9-12-22/h6,10,13,15-16,19-21H,3-5,7-9,11-12,14H2,1-2H3/t16?,19-,20-,21+,22-,23-/m0/s1. The molecule has 4 aliphatic rings. The highest BCUT2D eigenvalue weighted by atomic mass is 16.3. The van der Waals surface area contributed by atoms with Gasteiger partial charge in [0.2, 0.25) is 0 Å². The molecule has 6 atom stereocenters. The number of furan rings is 1. The van der Waals surface area contributed by atoms with Gasteiger partial charge in [0, 0.05) is 0 Å². The maximum absolute atomic E-state index is 5.39. The van der Waals surface area contributed by atoms with Crippen molar-refractivity contribution >= 4 is 0 Å². The van der Waals surface area contributed by atoms with Crippen molar-refractivity contribution in [1.29, 1.82) is 0 Å². The van der Waals surface area contributed by atoms with E-state index in [1.54, 1.807) is 0 Å². The summed E-state index contributed by atoms with van der Waals surface area (Å²) in [6.45, 7) is 5.24. The Labute approximate surface area is 146 Å². The highest BCUT2D eigenvalue weighted by Crippen LogP contribution is 2.66. The molecule has 130 valence electrons. The molecule has 1 nitrogen and oxygen atoms in total. The van der Waals surface area contributed by atoms with Gasteiger partial charge in [0.05, 0.1) is 12.5 Å². The maximum Gasteiger partial charge on any atom is 0.0937 e. The van der Waals surface area contributed by atoms with E-state index in [2.05, 4.69) is 26.0 Å². The molecule has 0 aromatic carbocycles. The molecule has 1 unspecified atom stereocenters. The molecule has 0 radical (unpaired) electrons. The van der Waals surface area contributed by atoms with Crippen LogP contribution < -0.4 is 0 Å². The highest BCUT2D eigenvalue weighted by Gasteiger charge is 2.56. The Hall–Kier alpha value is -0.980. The van der Waals surface area contributed by atoms with Gasteiger partial charge in [-0.3, -0.25) is 0 Å². The Morgan fingerprint density at radius 1 is 1.08 bits per heavy atom. The van der Waals surface area contributed by atoms with Crippen LogP contribution in [0.4, 0.5) is 0 Å². The van der Waals surface area contributed by atoms with Crippen LogP contribution in [-0.4, -0.2) is 0 Å². The van der Waals surface area contributed by atoms with Gasteiger partial charge in [0.15, 0.2) is 0 Å². The van der Waals surface area contributed by atoms with Crippen molar-refractivity contribution in [2.75, 3.05) is 0 Å². The molecule has 0 aliphatic heterocycles. The Morgan fingerprint density at radius 2 is 2.00 bits per heavy atom. The van der Waals surface area contributed by atoms with Crippen LogP contribution >= 0.6 is 0 Å². The zero-order valence-corrected chi connectivity index (χ0v) is 15.4. The summed E-state index contributed by atoms with van der Waals surface area (Å²) in [7, 11) is 0. The first-order valence-corrected chi connectivity index (χ1v) is 10.3. The van der Waals surface area contributed by atoms with Gasteiger partial charge in [-0.1, -0.05) is 31.9 Å². The lowest BCUT2D eigenvalue weighted by Crippen LogP contribution is -2.49. The van der Waals surface area contributed by atoms with Crippen molar-refractivity contribution in [3.05, 3.63) is 35.8 Å². The first-order chi connectivity index (χ1) is 11.6. The van der Waals surface area contributed by atoms with E-state index in [0.717, 1.165) is 17.8 Å². The second kappa shape index (κ2) is 5.26. The number of hydrogen-bond acceptors (Lipinski definition) is 1. The lowest BCUT2D eigenvalue weighted by atomic mass is 9.47. The molecule has 1 aromatic rings. The summed E-state index contributed by atoms with van der Waals surface area (Å²) in [6, 6.07) is 2.20. The van der Waals surface area contributed by atoms with Crippen LogP contribution in [0, 0.1) is 28.6 Å². The summed E-state index contributed by atoms with van der Waals surface area (Å²) in [5.74, 6) is 3.62. The van der Waals surface area contributed by atoms with Crippen LogP contribution in [0.15, 0.2) is 34.7 Å². The predicted molar refractivity (Wildman–Crippen MR) is 97.8 cm³/mol. The summed E-state index contributed by atoms with van der Waals surface area (Å²) in [4.78, 5) is 0. The van der Waals surface area contributed by atoms with Gasteiger partial charge in [0.25, 0.3) is 0 Å². The summed E-state index contributed by atoms with van der Waals surface area (Å²) in [5.41, 5.74) is 4.37. The molecule has 24 heavy (non-hydrogen) atoms. The van der Waals surface area contributed by atoms with E-state index in [4.69, 9.17) is 4.42 Å². The zero-order valence-electron chi connectivity index (χ0n) is 15.4. The van der Waals surface area contributed by atoms with Crippen LogP contribution in [0.2, 0.25) is 0 Å². The van der Waals surface area contributed by atoms with Crippen molar-refractivity contribution < 1.29 is 4.42 Å². The van der Waals surface area contributed by atoms with Crippen molar-refractivity contribution in [3.8, 4) is 0 Å². The van der Waals surface area contributed by atoms with E-state index >= 15 is 0 Å².